The van der Waals surface area contributed by atoms with E-state index >= 15 is 0 Å². The SMILES string of the molecule is COC(=O)N1CC(C(=O)N(Cc2cn3ccc(-c4nnc(C(F)F)o4)cc3n2)c2cccc(F)c2)C1. The highest BCUT2D eigenvalue weighted by Crippen LogP contribution is 2.27. The molecule has 3 aromatic heterocycles. The molecule has 4 heterocycles. The van der Waals surface area contributed by atoms with Crippen LogP contribution in [0, 0.1) is 11.7 Å². The van der Waals surface area contributed by atoms with Crippen molar-refractivity contribution < 1.29 is 31.9 Å². The normalized spacial score (nSPS) is 13.8. The van der Waals surface area contributed by atoms with Gasteiger partial charge in [0.1, 0.15) is 11.5 Å². The number of alkyl halides is 2. The summed E-state index contributed by atoms with van der Waals surface area (Å²) < 4.78 is 50.9. The number of pyridine rings is 1. The number of hydrogen-bond donors (Lipinski definition) is 0. The third kappa shape index (κ3) is 4.46. The van der Waals surface area contributed by atoms with Crippen LogP contribution in [0.2, 0.25) is 0 Å². The molecule has 1 saturated heterocycles. The number of ether oxygens (including phenoxy) is 1. The monoisotopic (exact) mass is 500 g/mol. The molecule has 1 aromatic carbocycles. The number of carbonyl (C=O) groups is 2. The highest BCUT2D eigenvalue weighted by molar-refractivity contribution is 5.96. The lowest BCUT2D eigenvalue weighted by atomic mass is 9.98. The first-order chi connectivity index (χ1) is 17.3. The third-order valence-corrected chi connectivity index (χ3v) is 5.75. The first kappa shape index (κ1) is 23.3. The molecule has 0 N–H and O–H groups in total. The van der Waals surface area contributed by atoms with E-state index in [1.54, 1.807) is 35.0 Å². The fourth-order valence-corrected chi connectivity index (χ4v) is 3.92. The highest BCUT2D eigenvalue weighted by atomic mass is 19.3. The number of rotatable bonds is 6. The van der Waals surface area contributed by atoms with Crippen LogP contribution in [-0.4, -0.2) is 56.7 Å². The zero-order valence-electron chi connectivity index (χ0n) is 18.8. The van der Waals surface area contributed by atoms with E-state index in [1.807, 2.05) is 0 Å². The highest BCUT2D eigenvalue weighted by Gasteiger charge is 2.39. The van der Waals surface area contributed by atoms with Crippen molar-refractivity contribution in [2.24, 2.45) is 5.92 Å². The first-order valence-corrected chi connectivity index (χ1v) is 10.8. The molecule has 0 radical (unpaired) electrons. The van der Waals surface area contributed by atoms with E-state index < -0.39 is 30.1 Å². The molecule has 2 amide bonds. The molecule has 0 atom stereocenters. The van der Waals surface area contributed by atoms with Crippen LogP contribution in [-0.2, 0) is 16.1 Å². The number of hydrogen-bond acceptors (Lipinski definition) is 7. The minimum atomic E-state index is -2.88. The van der Waals surface area contributed by atoms with Gasteiger partial charge in [-0.15, -0.1) is 10.2 Å². The van der Waals surface area contributed by atoms with Crippen LogP contribution in [0.15, 0.2) is 53.2 Å². The van der Waals surface area contributed by atoms with Crippen LogP contribution < -0.4 is 4.90 Å². The summed E-state index contributed by atoms with van der Waals surface area (Å²) in [5.41, 5.74) is 1.69. The third-order valence-electron chi connectivity index (χ3n) is 5.75. The maximum absolute atomic E-state index is 14.0. The van der Waals surface area contributed by atoms with E-state index in [4.69, 9.17) is 4.42 Å². The molecule has 0 bridgehead atoms. The van der Waals surface area contributed by atoms with Crippen molar-refractivity contribution in [3.63, 3.8) is 0 Å². The number of aromatic nitrogens is 4. The molecule has 10 nitrogen and oxygen atoms in total. The predicted molar refractivity (Wildman–Crippen MR) is 118 cm³/mol. The second-order valence-corrected chi connectivity index (χ2v) is 8.14. The Bertz CT molecular complexity index is 1430. The fourth-order valence-electron chi connectivity index (χ4n) is 3.92. The van der Waals surface area contributed by atoms with Crippen LogP contribution in [0.4, 0.5) is 23.7 Å². The second kappa shape index (κ2) is 9.32. The van der Waals surface area contributed by atoms with Gasteiger partial charge in [-0.1, -0.05) is 6.07 Å². The van der Waals surface area contributed by atoms with Gasteiger partial charge >= 0.3 is 12.5 Å². The molecule has 1 aliphatic heterocycles. The van der Waals surface area contributed by atoms with Crippen molar-refractivity contribution in [3.8, 4) is 11.5 Å². The van der Waals surface area contributed by atoms with Crippen molar-refractivity contribution in [2.75, 3.05) is 25.1 Å². The molecule has 13 heteroatoms. The number of nitrogens with zero attached hydrogens (tertiary/aromatic N) is 6. The van der Waals surface area contributed by atoms with Gasteiger partial charge in [0.15, 0.2) is 0 Å². The average Bonchev–Trinajstić information content (AvgIpc) is 3.48. The van der Waals surface area contributed by atoms with Crippen LogP contribution in [0.3, 0.4) is 0 Å². The van der Waals surface area contributed by atoms with Crippen molar-refractivity contribution >= 4 is 23.3 Å². The quantitative estimate of drug-likeness (QED) is 0.398. The number of anilines is 1. The van der Waals surface area contributed by atoms with Crippen LogP contribution in [0.1, 0.15) is 18.0 Å². The number of likely N-dealkylation sites (tertiary alicyclic amines) is 1. The number of imidazole rings is 1. The lowest BCUT2D eigenvalue weighted by molar-refractivity contribution is -0.126. The Kier molecular flexibility index (Phi) is 6.04. The van der Waals surface area contributed by atoms with Gasteiger partial charge in [0.25, 0.3) is 5.89 Å². The smallest absolute Gasteiger partial charge is 0.409 e. The van der Waals surface area contributed by atoms with E-state index in [9.17, 15) is 22.8 Å². The van der Waals surface area contributed by atoms with Gasteiger partial charge in [-0.2, -0.15) is 8.78 Å². The molecule has 0 spiro atoms. The van der Waals surface area contributed by atoms with Gasteiger partial charge in [-0.25, -0.2) is 14.2 Å². The molecule has 0 aliphatic carbocycles. The van der Waals surface area contributed by atoms with Crippen molar-refractivity contribution in [1.82, 2.24) is 24.5 Å². The second-order valence-electron chi connectivity index (χ2n) is 8.14. The van der Waals surface area contributed by atoms with E-state index in [-0.39, 0.29) is 31.4 Å². The van der Waals surface area contributed by atoms with Gasteiger partial charge < -0.3 is 23.4 Å². The van der Waals surface area contributed by atoms with Crippen LogP contribution in [0.25, 0.3) is 17.1 Å². The Hall–Kier alpha value is -4.42. The summed E-state index contributed by atoms with van der Waals surface area (Å²) in [5.74, 6) is -2.12. The molecule has 0 saturated carbocycles. The van der Waals surface area contributed by atoms with E-state index in [0.29, 0.717) is 22.6 Å². The number of methoxy groups -OCH3 is 1. The molecule has 1 aliphatic rings. The lowest BCUT2D eigenvalue weighted by Crippen LogP contribution is -2.56. The van der Waals surface area contributed by atoms with Crippen molar-refractivity contribution in [3.05, 3.63) is 66.2 Å². The summed E-state index contributed by atoms with van der Waals surface area (Å²) in [6, 6.07) is 8.83. The molecule has 36 heavy (non-hydrogen) atoms. The number of fused-ring (bicyclic) bond motifs is 1. The van der Waals surface area contributed by atoms with E-state index in [2.05, 4.69) is 19.9 Å². The van der Waals surface area contributed by atoms with Crippen molar-refractivity contribution in [2.45, 2.75) is 13.0 Å². The molecular formula is C23H19F3N6O4. The lowest BCUT2D eigenvalue weighted by Gasteiger charge is -2.39. The Balaban J connectivity index is 1.40. The fraction of sp³-hybridized carbons (Fsp3) is 0.261. The zero-order valence-corrected chi connectivity index (χ0v) is 18.8. The summed E-state index contributed by atoms with van der Waals surface area (Å²) in [6.07, 6.45) is -0.0651. The summed E-state index contributed by atoms with van der Waals surface area (Å²) in [5, 5.41) is 6.97. The topological polar surface area (TPSA) is 106 Å². The Labute approximate surface area is 201 Å². The van der Waals surface area contributed by atoms with Gasteiger partial charge in [0.05, 0.1) is 25.3 Å². The number of benzene rings is 1. The summed E-state index contributed by atoms with van der Waals surface area (Å²) in [4.78, 5) is 32.3. The largest absolute Gasteiger partial charge is 0.453 e. The van der Waals surface area contributed by atoms with Crippen molar-refractivity contribution in [1.29, 1.82) is 0 Å². The molecule has 1 fully saturated rings. The summed E-state index contributed by atoms with van der Waals surface area (Å²) in [6.45, 7) is 0.414. The number of halogens is 3. The predicted octanol–water partition coefficient (Wildman–Crippen LogP) is 3.69. The van der Waals surface area contributed by atoms with E-state index in [0.717, 1.165) is 0 Å². The number of amides is 2. The van der Waals surface area contributed by atoms with Gasteiger partial charge in [-0.05, 0) is 30.3 Å². The minimum absolute atomic E-state index is 0.0319. The molecule has 0 unspecified atom stereocenters. The zero-order chi connectivity index (χ0) is 25.4. The molecule has 4 aromatic rings. The molecule has 5 rings (SSSR count). The average molecular weight is 500 g/mol. The van der Waals surface area contributed by atoms with Gasteiger partial charge in [0, 0.05) is 36.7 Å². The maximum Gasteiger partial charge on any atom is 0.409 e. The Morgan fingerprint density at radius 1 is 1.22 bits per heavy atom. The molecular weight excluding hydrogens is 481 g/mol. The molecule has 186 valence electrons. The van der Waals surface area contributed by atoms with E-state index in [1.165, 1.54) is 35.1 Å². The maximum atomic E-state index is 14.0. The van der Waals surface area contributed by atoms with Gasteiger partial charge in [-0.3, -0.25) is 4.79 Å². The Morgan fingerprint density at radius 3 is 2.72 bits per heavy atom. The minimum Gasteiger partial charge on any atom is -0.453 e. The number of carbonyl (C=O) groups excluding carboxylic acids is 2. The standard InChI is InChI=1S/C23H19F3N6O4/c1-35-23(34)31-9-14(10-31)22(33)32(17-4-2-3-15(24)8-17)12-16-11-30-6-5-13(7-18(30)27-16)20-28-29-21(36-20)19(25)26/h2-8,11,14,19H,9-10,12H2,1H3. The summed E-state index contributed by atoms with van der Waals surface area (Å²) >= 11 is 0. The van der Waals surface area contributed by atoms with Gasteiger partial charge in [0.2, 0.25) is 11.8 Å². The summed E-state index contributed by atoms with van der Waals surface area (Å²) in [7, 11) is 1.27. The van der Waals surface area contributed by atoms with Crippen LogP contribution >= 0.6 is 0 Å². The first-order valence-electron chi connectivity index (χ1n) is 10.8. The van der Waals surface area contributed by atoms with Crippen LogP contribution in [0.5, 0.6) is 0 Å². The Morgan fingerprint density at radius 2 is 2.03 bits per heavy atom.